The Hall–Kier alpha value is -1.47. The first-order valence-corrected chi connectivity index (χ1v) is 7.74. The molecule has 0 heterocycles. The fourth-order valence-electron chi connectivity index (χ4n) is 1.83. The summed E-state index contributed by atoms with van der Waals surface area (Å²) in [6.45, 7) is 10.6. The van der Waals surface area contributed by atoms with Crippen LogP contribution in [0.5, 0.6) is 5.75 Å². The average Bonchev–Trinajstić information content (AvgIpc) is 2.43. The van der Waals surface area contributed by atoms with E-state index in [1.807, 2.05) is 25.1 Å². The van der Waals surface area contributed by atoms with E-state index in [0.717, 1.165) is 10.6 Å². The number of phenols is 1. The highest BCUT2D eigenvalue weighted by Gasteiger charge is 2.00. The van der Waals surface area contributed by atoms with Crippen LogP contribution in [0, 0.1) is 6.92 Å². The minimum Gasteiger partial charge on any atom is -0.508 e. The molecule has 0 radical (unpaired) electrons. The van der Waals surface area contributed by atoms with Crippen molar-refractivity contribution in [2.45, 2.75) is 53.9 Å². The molecule has 0 unspecified atom stereocenters. The largest absolute Gasteiger partial charge is 0.508 e. The molecule has 1 N–H and O–H groups in total. The van der Waals surface area contributed by atoms with Crippen molar-refractivity contribution < 1.29 is 5.11 Å². The summed E-state index contributed by atoms with van der Waals surface area (Å²) in [5.41, 5.74) is 3.72. The summed E-state index contributed by atoms with van der Waals surface area (Å²) in [6.07, 6.45) is 0. The fourth-order valence-corrected chi connectivity index (χ4v) is 2.02. The third-order valence-corrected chi connectivity index (χ3v) is 3.83. The van der Waals surface area contributed by atoms with Gasteiger partial charge in [-0.15, -0.1) is 0 Å². The molecule has 0 atom stereocenters. The van der Waals surface area contributed by atoms with Gasteiger partial charge in [0.2, 0.25) is 0 Å². The fraction of sp³-hybridized carbons (Fsp3) is 0.400. The molecule has 2 aromatic carbocycles. The van der Waals surface area contributed by atoms with E-state index in [1.165, 1.54) is 11.1 Å². The summed E-state index contributed by atoms with van der Waals surface area (Å²) in [6, 6.07) is 13.6. The molecule has 2 rings (SSSR count). The van der Waals surface area contributed by atoms with Crippen LogP contribution in [0.2, 0.25) is 5.02 Å². The van der Waals surface area contributed by atoms with Gasteiger partial charge in [-0.3, -0.25) is 0 Å². The van der Waals surface area contributed by atoms with Gasteiger partial charge in [0.25, 0.3) is 0 Å². The van der Waals surface area contributed by atoms with Crippen molar-refractivity contribution in [3.63, 3.8) is 0 Å². The Bertz CT molecular complexity index is 556. The lowest BCUT2D eigenvalue weighted by atomic mass is 10.0. The van der Waals surface area contributed by atoms with Gasteiger partial charge in [0.05, 0.1) is 0 Å². The zero-order valence-electron chi connectivity index (χ0n) is 13.5. The van der Waals surface area contributed by atoms with Crippen LogP contribution in [-0.4, -0.2) is 5.11 Å². The first-order chi connectivity index (χ1) is 9.81. The maximum absolute atomic E-state index is 8.94. The van der Waals surface area contributed by atoms with Gasteiger partial charge in [-0.1, -0.05) is 71.0 Å². The number of aromatic hydroxyl groups is 1. The monoisotopic (exact) mass is 320 g/mol. The molecule has 0 bridgehead atoms. The smallest absolute Gasteiger partial charge is 0.115 e. The molecule has 0 aliphatic heterocycles. The van der Waals surface area contributed by atoms with Gasteiger partial charge < -0.3 is 5.11 Å². The number of benzene rings is 2. The van der Waals surface area contributed by atoms with Crippen LogP contribution in [0.15, 0.2) is 42.5 Å². The van der Waals surface area contributed by atoms with Gasteiger partial charge in [-0.25, -0.2) is 0 Å². The Labute approximate surface area is 141 Å². The van der Waals surface area contributed by atoms with Crippen molar-refractivity contribution >= 4 is 11.6 Å². The molecule has 2 aromatic rings. The predicted octanol–water partition coefficient (Wildman–Crippen LogP) is 6.92. The summed E-state index contributed by atoms with van der Waals surface area (Å²) in [5.74, 6) is 1.44. The number of hydrogen-bond donors (Lipinski definition) is 1. The van der Waals surface area contributed by atoms with Crippen LogP contribution in [0.4, 0.5) is 0 Å². The number of rotatable bonds is 2. The van der Waals surface area contributed by atoms with E-state index in [1.54, 1.807) is 12.1 Å². The number of aryl methyl sites for hydroxylation is 1. The highest BCUT2D eigenvalue weighted by molar-refractivity contribution is 6.31. The van der Waals surface area contributed by atoms with E-state index >= 15 is 0 Å². The van der Waals surface area contributed by atoms with Crippen LogP contribution >= 0.6 is 11.6 Å². The standard InChI is InChI=1S/C10H13Cl.C9H12O.CH4/c1-7(2)9-5-4-8(3)10(11)6-9;1-7(2)8-3-5-9(10)6-4-8;/h4-7H,1-3H3;3-7,10H,1-2H3;1H4. The second kappa shape index (κ2) is 9.53. The van der Waals surface area contributed by atoms with E-state index in [-0.39, 0.29) is 7.43 Å². The van der Waals surface area contributed by atoms with E-state index in [0.29, 0.717) is 17.6 Å². The second-order valence-corrected chi connectivity index (χ2v) is 6.32. The van der Waals surface area contributed by atoms with E-state index in [9.17, 15) is 0 Å². The SMILES string of the molecule is C.CC(C)c1ccc(O)cc1.Cc1ccc(C(C)C)cc1Cl. The van der Waals surface area contributed by atoms with Crippen LogP contribution in [0.25, 0.3) is 0 Å². The van der Waals surface area contributed by atoms with Crippen molar-refractivity contribution in [3.8, 4) is 5.75 Å². The van der Waals surface area contributed by atoms with Crippen molar-refractivity contribution in [1.82, 2.24) is 0 Å². The molecular weight excluding hydrogens is 292 g/mol. The van der Waals surface area contributed by atoms with Crippen LogP contribution in [-0.2, 0) is 0 Å². The highest BCUT2D eigenvalue weighted by Crippen LogP contribution is 2.21. The minimum absolute atomic E-state index is 0. The van der Waals surface area contributed by atoms with Crippen LogP contribution < -0.4 is 0 Å². The van der Waals surface area contributed by atoms with Gasteiger partial charge >= 0.3 is 0 Å². The lowest BCUT2D eigenvalue weighted by molar-refractivity contribution is 0.475. The maximum atomic E-state index is 8.94. The Morgan fingerprint density at radius 1 is 0.818 bits per heavy atom. The molecule has 0 amide bonds. The van der Waals surface area contributed by atoms with Crippen LogP contribution in [0.1, 0.15) is 63.6 Å². The lowest BCUT2D eigenvalue weighted by Gasteiger charge is -2.06. The molecule has 0 saturated carbocycles. The Kier molecular flexibility index (Phi) is 8.89. The lowest BCUT2D eigenvalue weighted by Crippen LogP contribution is -1.87. The van der Waals surface area contributed by atoms with Crippen LogP contribution in [0.3, 0.4) is 0 Å². The number of halogens is 1. The topological polar surface area (TPSA) is 20.2 Å². The third-order valence-electron chi connectivity index (χ3n) is 3.42. The molecule has 0 saturated heterocycles. The van der Waals surface area contributed by atoms with Crippen molar-refractivity contribution in [2.75, 3.05) is 0 Å². The molecule has 0 aromatic heterocycles. The predicted molar refractivity (Wildman–Crippen MR) is 99.2 cm³/mol. The van der Waals surface area contributed by atoms with Crippen molar-refractivity contribution in [1.29, 1.82) is 0 Å². The second-order valence-electron chi connectivity index (χ2n) is 5.91. The van der Waals surface area contributed by atoms with Gasteiger partial charge in [0, 0.05) is 5.02 Å². The molecule has 0 aliphatic carbocycles. The van der Waals surface area contributed by atoms with Gasteiger partial charge in [-0.05, 0) is 53.6 Å². The highest BCUT2D eigenvalue weighted by atomic mass is 35.5. The van der Waals surface area contributed by atoms with E-state index in [2.05, 4.69) is 39.8 Å². The average molecular weight is 321 g/mol. The minimum atomic E-state index is 0. The molecule has 0 spiro atoms. The van der Waals surface area contributed by atoms with Crippen molar-refractivity contribution in [2.24, 2.45) is 0 Å². The summed E-state index contributed by atoms with van der Waals surface area (Å²) in [5, 5.41) is 9.81. The zero-order valence-corrected chi connectivity index (χ0v) is 14.3. The third kappa shape index (κ3) is 6.53. The van der Waals surface area contributed by atoms with Gasteiger partial charge in [0.15, 0.2) is 0 Å². The normalized spacial score (nSPS) is 10.0. The van der Waals surface area contributed by atoms with Gasteiger partial charge in [-0.2, -0.15) is 0 Å². The van der Waals surface area contributed by atoms with Gasteiger partial charge in [0.1, 0.15) is 5.75 Å². The van der Waals surface area contributed by atoms with E-state index in [4.69, 9.17) is 16.7 Å². The summed E-state index contributed by atoms with van der Waals surface area (Å²) < 4.78 is 0. The zero-order chi connectivity index (χ0) is 16.0. The Balaban J connectivity index is 0.000000385. The molecule has 0 fully saturated rings. The Morgan fingerprint density at radius 3 is 1.68 bits per heavy atom. The maximum Gasteiger partial charge on any atom is 0.115 e. The first kappa shape index (κ1) is 20.5. The number of phenolic OH excluding ortho intramolecular Hbond substituents is 1. The molecular formula is C20H29ClO. The Morgan fingerprint density at radius 2 is 1.27 bits per heavy atom. The summed E-state index contributed by atoms with van der Waals surface area (Å²) in [4.78, 5) is 0. The van der Waals surface area contributed by atoms with E-state index < -0.39 is 0 Å². The summed E-state index contributed by atoms with van der Waals surface area (Å²) >= 11 is 5.96. The first-order valence-electron chi connectivity index (χ1n) is 7.36. The summed E-state index contributed by atoms with van der Waals surface area (Å²) in [7, 11) is 0. The molecule has 2 heteroatoms. The molecule has 0 aliphatic rings. The van der Waals surface area contributed by atoms with Crippen molar-refractivity contribution in [3.05, 3.63) is 64.2 Å². The molecule has 22 heavy (non-hydrogen) atoms. The quantitative estimate of drug-likeness (QED) is 0.636. The molecule has 122 valence electrons. The molecule has 1 nitrogen and oxygen atoms in total. The number of hydrogen-bond acceptors (Lipinski definition) is 1.